The zero-order valence-corrected chi connectivity index (χ0v) is 13.2. The fourth-order valence-corrected chi connectivity index (χ4v) is 2.89. The second-order valence-electron chi connectivity index (χ2n) is 6.21. The third kappa shape index (κ3) is 4.83. The predicted molar refractivity (Wildman–Crippen MR) is 85.7 cm³/mol. The van der Waals surface area contributed by atoms with Crippen LogP contribution < -0.4 is 5.73 Å². The molecule has 1 aliphatic heterocycles. The molecule has 116 valence electrons. The van der Waals surface area contributed by atoms with Gasteiger partial charge in [0.25, 0.3) is 0 Å². The molecule has 1 aromatic rings. The van der Waals surface area contributed by atoms with E-state index in [-0.39, 0.29) is 11.9 Å². The van der Waals surface area contributed by atoms with E-state index in [1.54, 1.807) is 0 Å². The Morgan fingerprint density at radius 1 is 1.33 bits per heavy atom. The molecular formula is C17H27N3O. The van der Waals surface area contributed by atoms with E-state index in [2.05, 4.69) is 24.0 Å². The number of carbonyl (C=O) groups excluding carboxylic acids is 1. The highest BCUT2D eigenvalue weighted by molar-refractivity contribution is 5.78. The molecule has 1 amide bonds. The molecule has 2 N–H and O–H groups in total. The largest absolute Gasteiger partial charge is 0.340 e. The summed E-state index contributed by atoms with van der Waals surface area (Å²) in [6, 6.07) is 10.4. The maximum absolute atomic E-state index is 12.3. The van der Waals surface area contributed by atoms with Crippen LogP contribution in [0.15, 0.2) is 30.3 Å². The maximum Gasteiger partial charge on any atom is 0.236 e. The van der Waals surface area contributed by atoms with Gasteiger partial charge in [0.05, 0.1) is 6.54 Å². The Labute approximate surface area is 127 Å². The topological polar surface area (TPSA) is 49.6 Å². The molecule has 0 aromatic heterocycles. The molecule has 0 saturated carbocycles. The van der Waals surface area contributed by atoms with Gasteiger partial charge in [0.2, 0.25) is 5.91 Å². The van der Waals surface area contributed by atoms with Crippen molar-refractivity contribution in [2.45, 2.75) is 32.4 Å². The van der Waals surface area contributed by atoms with Gasteiger partial charge in [0, 0.05) is 19.6 Å². The third-order valence-electron chi connectivity index (χ3n) is 4.42. The zero-order chi connectivity index (χ0) is 15.2. The molecule has 1 unspecified atom stereocenters. The number of benzene rings is 1. The molecule has 1 saturated heterocycles. The Morgan fingerprint density at radius 2 is 1.95 bits per heavy atom. The molecule has 0 aliphatic carbocycles. The van der Waals surface area contributed by atoms with Crippen molar-refractivity contribution in [3.05, 3.63) is 35.9 Å². The molecule has 1 aliphatic rings. The molecule has 4 heteroatoms. The van der Waals surface area contributed by atoms with E-state index in [1.807, 2.05) is 30.1 Å². The van der Waals surface area contributed by atoms with E-state index >= 15 is 0 Å². The van der Waals surface area contributed by atoms with Crippen molar-refractivity contribution >= 4 is 5.91 Å². The quantitative estimate of drug-likeness (QED) is 0.897. The molecule has 4 nitrogen and oxygen atoms in total. The SMILES string of the molecule is CC(N)C1CCN(CC(=O)N(C)Cc2ccccc2)CC1. The molecule has 1 atom stereocenters. The Hall–Kier alpha value is -1.39. The molecule has 0 spiro atoms. The Balaban J connectivity index is 1.77. The highest BCUT2D eigenvalue weighted by Gasteiger charge is 2.23. The first-order valence-electron chi connectivity index (χ1n) is 7.82. The number of likely N-dealkylation sites (tertiary alicyclic amines) is 1. The summed E-state index contributed by atoms with van der Waals surface area (Å²) in [7, 11) is 1.88. The summed E-state index contributed by atoms with van der Waals surface area (Å²) in [5.41, 5.74) is 7.12. The van der Waals surface area contributed by atoms with Crippen LogP contribution in [0.4, 0.5) is 0 Å². The van der Waals surface area contributed by atoms with E-state index in [0.717, 1.165) is 25.9 Å². The van der Waals surface area contributed by atoms with Crippen molar-refractivity contribution in [2.75, 3.05) is 26.7 Å². The molecule has 2 rings (SSSR count). The van der Waals surface area contributed by atoms with Gasteiger partial charge in [0.15, 0.2) is 0 Å². The first-order valence-corrected chi connectivity index (χ1v) is 7.82. The van der Waals surface area contributed by atoms with E-state index < -0.39 is 0 Å². The van der Waals surface area contributed by atoms with Crippen molar-refractivity contribution in [1.29, 1.82) is 0 Å². The standard InChI is InChI=1S/C17H27N3O/c1-14(18)16-8-10-20(11-9-16)13-17(21)19(2)12-15-6-4-3-5-7-15/h3-7,14,16H,8-13,18H2,1-2H3. The lowest BCUT2D eigenvalue weighted by Gasteiger charge is -2.34. The van der Waals surface area contributed by atoms with Gasteiger partial charge in [0.1, 0.15) is 0 Å². The van der Waals surface area contributed by atoms with Crippen LogP contribution in [0.5, 0.6) is 0 Å². The fourth-order valence-electron chi connectivity index (χ4n) is 2.89. The third-order valence-corrected chi connectivity index (χ3v) is 4.42. The Morgan fingerprint density at radius 3 is 2.52 bits per heavy atom. The lowest BCUT2D eigenvalue weighted by molar-refractivity contribution is -0.132. The minimum absolute atomic E-state index is 0.193. The Bertz CT molecular complexity index is 439. The van der Waals surface area contributed by atoms with Crippen LogP contribution in [-0.2, 0) is 11.3 Å². The number of nitrogens with two attached hydrogens (primary N) is 1. The number of rotatable bonds is 5. The van der Waals surface area contributed by atoms with Gasteiger partial charge in [-0.1, -0.05) is 30.3 Å². The number of hydrogen-bond acceptors (Lipinski definition) is 3. The second kappa shape index (κ2) is 7.57. The molecule has 21 heavy (non-hydrogen) atoms. The van der Waals surface area contributed by atoms with Gasteiger partial charge < -0.3 is 10.6 Å². The minimum atomic E-state index is 0.193. The monoisotopic (exact) mass is 289 g/mol. The van der Waals surface area contributed by atoms with Crippen molar-refractivity contribution in [3.63, 3.8) is 0 Å². The maximum atomic E-state index is 12.3. The average Bonchev–Trinajstić information content (AvgIpc) is 2.48. The average molecular weight is 289 g/mol. The van der Waals surface area contributed by atoms with Gasteiger partial charge in [-0.15, -0.1) is 0 Å². The van der Waals surface area contributed by atoms with E-state index in [4.69, 9.17) is 5.73 Å². The summed E-state index contributed by atoms with van der Waals surface area (Å²) in [6.45, 7) is 5.25. The normalized spacial score (nSPS) is 18.4. The summed E-state index contributed by atoms with van der Waals surface area (Å²) < 4.78 is 0. The lowest BCUT2D eigenvalue weighted by atomic mass is 9.91. The van der Waals surface area contributed by atoms with Gasteiger partial charge in [-0.25, -0.2) is 0 Å². The summed E-state index contributed by atoms with van der Waals surface area (Å²) in [5, 5.41) is 0. The molecule has 0 bridgehead atoms. The number of likely N-dealkylation sites (N-methyl/N-ethyl adjacent to an activating group) is 1. The van der Waals surface area contributed by atoms with Crippen LogP contribution in [0.2, 0.25) is 0 Å². The summed E-state index contributed by atoms with van der Waals surface area (Å²) in [4.78, 5) is 16.4. The van der Waals surface area contributed by atoms with Crippen molar-refractivity contribution in [1.82, 2.24) is 9.80 Å². The molecule has 0 radical (unpaired) electrons. The van der Waals surface area contributed by atoms with Crippen LogP contribution in [-0.4, -0.2) is 48.4 Å². The summed E-state index contributed by atoms with van der Waals surface area (Å²) in [6.07, 6.45) is 2.21. The minimum Gasteiger partial charge on any atom is -0.340 e. The highest BCUT2D eigenvalue weighted by Crippen LogP contribution is 2.19. The zero-order valence-electron chi connectivity index (χ0n) is 13.2. The van der Waals surface area contributed by atoms with Crippen molar-refractivity contribution < 1.29 is 4.79 Å². The first kappa shape index (κ1) is 16.0. The van der Waals surface area contributed by atoms with Crippen LogP contribution in [0, 0.1) is 5.92 Å². The molecule has 1 heterocycles. The van der Waals surface area contributed by atoms with Gasteiger partial charge in [-0.2, -0.15) is 0 Å². The van der Waals surface area contributed by atoms with E-state index in [9.17, 15) is 4.79 Å². The lowest BCUT2D eigenvalue weighted by Crippen LogP contribution is -2.44. The summed E-state index contributed by atoms with van der Waals surface area (Å²) in [5.74, 6) is 0.802. The molecule has 1 fully saturated rings. The van der Waals surface area contributed by atoms with Gasteiger partial charge >= 0.3 is 0 Å². The second-order valence-corrected chi connectivity index (χ2v) is 6.21. The molecule has 1 aromatic carbocycles. The number of piperidine rings is 1. The molecular weight excluding hydrogens is 262 g/mol. The summed E-state index contributed by atoms with van der Waals surface area (Å²) >= 11 is 0. The van der Waals surface area contributed by atoms with Crippen LogP contribution >= 0.6 is 0 Å². The van der Waals surface area contributed by atoms with Crippen LogP contribution in [0.3, 0.4) is 0 Å². The predicted octanol–water partition coefficient (Wildman–Crippen LogP) is 1.70. The van der Waals surface area contributed by atoms with Crippen LogP contribution in [0.25, 0.3) is 0 Å². The van der Waals surface area contributed by atoms with Gasteiger partial charge in [-0.3, -0.25) is 9.69 Å². The smallest absolute Gasteiger partial charge is 0.236 e. The van der Waals surface area contributed by atoms with Crippen LogP contribution in [0.1, 0.15) is 25.3 Å². The van der Waals surface area contributed by atoms with E-state index in [0.29, 0.717) is 19.0 Å². The van der Waals surface area contributed by atoms with Gasteiger partial charge in [-0.05, 0) is 44.3 Å². The van der Waals surface area contributed by atoms with Crippen molar-refractivity contribution in [3.8, 4) is 0 Å². The number of hydrogen-bond donors (Lipinski definition) is 1. The van der Waals surface area contributed by atoms with E-state index in [1.165, 1.54) is 5.56 Å². The Kier molecular flexibility index (Phi) is 5.76. The number of carbonyl (C=O) groups is 1. The first-order chi connectivity index (χ1) is 10.1. The number of amides is 1. The fraction of sp³-hybridized carbons (Fsp3) is 0.588. The number of nitrogens with zero attached hydrogens (tertiary/aromatic N) is 2. The highest BCUT2D eigenvalue weighted by atomic mass is 16.2. The van der Waals surface area contributed by atoms with Crippen molar-refractivity contribution in [2.24, 2.45) is 11.7 Å².